The summed E-state index contributed by atoms with van der Waals surface area (Å²) in [5.41, 5.74) is 0.946. The highest BCUT2D eigenvalue weighted by atomic mass is 16.5. The van der Waals surface area contributed by atoms with Crippen molar-refractivity contribution in [3.05, 3.63) is 23.8 Å². The summed E-state index contributed by atoms with van der Waals surface area (Å²) in [6.45, 7) is 9.76. The molecule has 0 unspecified atom stereocenters. The highest BCUT2D eigenvalue weighted by Gasteiger charge is 2.16. The Bertz CT molecular complexity index is 430. The minimum Gasteiger partial charge on any atom is -0.497 e. The lowest BCUT2D eigenvalue weighted by molar-refractivity contribution is 0.00536. The molecular formula is C17H29NO3. The van der Waals surface area contributed by atoms with Crippen molar-refractivity contribution in [2.75, 3.05) is 20.8 Å². The molecule has 0 aliphatic carbocycles. The van der Waals surface area contributed by atoms with Crippen molar-refractivity contribution in [3.8, 4) is 11.5 Å². The Kier molecular flexibility index (Phi) is 6.99. The van der Waals surface area contributed by atoms with Gasteiger partial charge in [-0.15, -0.1) is 0 Å². The lowest BCUT2D eigenvalue weighted by atomic mass is 10.1. The van der Waals surface area contributed by atoms with Crippen LogP contribution >= 0.6 is 0 Å². The fourth-order valence-corrected chi connectivity index (χ4v) is 1.78. The minimum atomic E-state index is -0.164. The summed E-state index contributed by atoms with van der Waals surface area (Å²) in [6, 6.07) is 6.34. The Balaban J connectivity index is 2.70. The average molecular weight is 295 g/mol. The molecule has 0 spiro atoms. The zero-order valence-electron chi connectivity index (χ0n) is 14.2. The maximum atomic E-state index is 5.93. The van der Waals surface area contributed by atoms with E-state index in [4.69, 9.17) is 14.2 Å². The predicted octanol–water partition coefficient (Wildman–Crippen LogP) is 3.39. The largest absolute Gasteiger partial charge is 0.497 e. The average Bonchev–Trinajstić information content (AvgIpc) is 2.45. The van der Waals surface area contributed by atoms with Gasteiger partial charge < -0.3 is 19.5 Å². The second-order valence-corrected chi connectivity index (χ2v) is 6.07. The van der Waals surface area contributed by atoms with Gasteiger partial charge in [0.2, 0.25) is 0 Å². The van der Waals surface area contributed by atoms with E-state index in [2.05, 4.69) is 33.0 Å². The third kappa shape index (κ3) is 6.36. The van der Waals surface area contributed by atoms with E-state index in [9.17, 15) is 0 Å². The molecule has 0 aromatic heterocycles. The van der Waals surface area contributed by atoms with Crippen molar-refractivity contribution < 1.29 is 14.2 Å². The molecule has 1 N–H and O–H groups in total. The second kappa shape index (κ2) is 8.25. The Morgan fingerprint density at radius 3 is 2.48 bits per heavy atom. The van der Waals surface area contributed by atoms with Gasteiger partial charge in [-0.25, -0.2) is 0 Å². The van der Waals surface area contributed by atoms with Crippen molar-refractivity contribution in [2.45, 2.75) is 52.3 Å². The van der Waals surface area contributed by atoms with E-state index in [1.807, 2.05) is 18.2 Å². The Labute approximate surface area is 128 Å². The van der Waals surface area contributed by atoms with Crippen molar-refractivity contribution in [3.63, 3.8) is 0 Å². The Morgan fingerprint density at radius 2 is 1.90 bits per heavy atom. The Morgan fingerprint density at radius 1 is 1.19 bits per heavy atom. The van der Waals surface area contributed by atoms with E-state index in [0.717, 1.165) is 30.0 Å². The van der Waals surface area contributed by atoms with Crippen LogP contribution < -0.4 is 14.8 Å². The number of nitrogens with one attached hydrogen (secondary N) is 1. The van der Waals surface area contributed by atoms with Crippen molar-refractivity contribution >= 4 is 0 Å². The van der Waals surface area contributed by atoms with E-state index in [0.29, 0.717) is 12.6 Å². The number of hydrogen-bond acceptors (Lipinski definition) is 4. The SMILES string of the molecule is COc1ccc(OCCC(C)(C)OC)c(CNC(C)C)c1. The zero-order chi connectivity index (χ0) is 15.9. The molecule has 0 bridgehead atoms. The molecule has 4 nitrogen and oxygen atoms in total. The van der Waals surface area contributed by atoms with E-state index < -0.39 is 0 Å². The number of ether oxygens (including phenoxy) is 3. The molecule has 0 fully saturated rings. The van der Waals surface area contributed by atoms with E-state index in [-0.39, 0.29) is 5.60 Å². The molecule has 0 atom stereocenters. The quantitative estimate of drug-likeness (QED) is 0.758. The van der Waals surface area contributed by atoms with Gasteiger partial charge in [-0.2, -0.15) is 0 Å². The van der Waals surface area contributed by atoms with E-state index in [1.54, 1.807) is 14.2 Å². The van der Waals surface area contributed by atoms with Crippen LogP contribution in [0.3, 0.4) is 0 Å². The van der Waals surface area contributed by atoms with Gasteiger partial charge in [0.25, 0.3) is 0 Å². The molecule has 21 heavy (non-hydrogen) atoms. The van der Waals surface area contributed by atoms with Crippen molar-refractivity contribution in [1.82, 2.24) is 5.32 Å². The van der Waals surface area contributed by atoms with Crippen LogP contribution in [0.1, 0.15) is 39.7 Å². The summed E-state index contributed by atoms with van der Waals surface area (Å²) >= 11 is 0. The van der Waals surface area contributed by atoms with Crippen LogP contribution in [-0.2, 0) is 11.3 Å². The molecule has 0 heterocycles. The number of hydrogen-bond donors (Lipinski definition) is 1. The summed E-state index contributed by atoms with van der Waals surface area (Å²) in [7, 11) is 3.40. The van der Waals surface area contributed by atoms with E-state index in [1.165, 1.54) is 0 Å². The molecule has 0 radical (unpaired) electrons. The van der Waals surface area contributed by atoms with Crippen molar-refractivity contribution in [2.24, 2.45) is 0 Å². The summed E-state index contributed by atoms with van der Waals surface area (Å²) in [5.74, 6) is 1.75. The van der Waals surface area contributed by atoms with Crippen LogP contribution in [0.4, 0.5) is 0 Å². The second-order valence-electron chi connectivity index (χ2n) is 6.07. The molecule has 0 amide bonds. The summed E-state index contributed by atoms with van der Waals surface area (Å²) < 4.78 is 16.6. The van der Waals surface area contributed by atoms with Gasteiger partial charge in [-0.05, 0) is 32.0 Å². The molecule has 0 aliphatic heterocycles. The van der Waals surface area contributed by atoms with Crippen molar-refractivity contribution in [1.29, 1.82) is 0 Å². The zero-order valence-corrected chi connectivity index (χ0v) is 14.2. The molecule has 1 aromatic carbocycles. The van der Waals surface area contributed by atoms with Gasteiger partial charge >= 0.3 is 0 Å². The lowest BCUT2D eigenvalue weighted by Gasteiger charge is -2.23. The van der Waals surface area contributed by atoms with Gasteiger partial charge in [0.15, 0.2) is 0 Å². The third-order valence-electron chi connectivity index (χ3n) is 3.48. The summed E-state index contributed by atoms with van der Waals surface area (Å²) in [6.07, 6.45) is 0.840. The smallest absolute Gasteiger partial charge is 0.124 e. The number of rotatable bonds is 9. The third-order valence-corrected chi connectivity index (χ3v) is 3.48. The topological polar surface area (TPSA) is 39.7 Å². The molecule has 0 saturated heterocycles. The first kappa shape index (κ1) is 17.8. The van der Waals surface area contributed by atoms with Gasteiger partial charge in [0.1, 0.15) is 11.5 Å². The maximum Gasteiger partial charge on any atom is 0.124 e. The molecular weight excluding hydrogens is 266 g/mol. The minimum absolute atomic E-state index is 0.164. The van der Waals surface area contributed by atoms with Crippen LogP contribution in [0.25, 0.3) is 0 Å². The first-order valence-electron chi connectivity index (χ1n) is 7.46. The monoisotopic (exact) mass is 295 g/mol. The number of benzene rings is 1. The fraction of sp³-hybridized carbons (Fsp3) is 0.647. The van der Waals surface area contributed by atoms with Crippen LogP contribution in [0.15, 0.2) is 18.2 Å². The van der Waals surface area contributed by atoms with E-state index >= 15 is 0 Å². The first-order valence-corrected chi connectivity index (χ1v) is 7.46. The highest BCUT2D eigenvalue weighted by molar-refractivity contribution is 5.40. The van der Waals surface area contributed by atoms with Gasteiger partial charge in [0.05, 0.1) is 19.3 Å². The highest BCUT2D eigenvalue weighted by Crippen LogP contribution is 2.25. The Hall–Kier alpha value is -1.26. The number of methoxy groups -OCH3 is 2. The molecule has 0 saturated carbocycles. The molecule has 120 valence electrons. The van der Waals surface area contributed by atoms with Crippen LogP contribution in [-0.4, -0.2) is 32.5 Å². The van der Waals surface area contributed by atoms with Crippen LogP contribution in [0.5, 0.6) is 11.5 Å². The fourth-order valence-electron chi connectivity index (χ4n) is 1.78. The molecule has 1 aromatic rings. The van der Waals surface area contributed by atoms with Crippen LogP contribution in [0, 0.1) is 0 Å². The maximum absolute atomic E-state index is 5.93. The molecule has 1 rings (SSSR count). The molecule has 4 heteroatoms. The van der Waals surface area contributed by atoms with Gasteiger partial charge in [-0.3, -0.25) is 0 Å². The normalized spacial score (nSPS) is 11.8. The first-order chi connectivity index (χ1) is 9.88. The summed E-state index contributed by atoms with van der Waals surface area (Å²) in [4.78, 5) is 0. The predicted molar refractivity (Wildman–Crippen MR) is 86.2 cm³/mol. The lowest BCUT2D eigenvalue weighted by Crippen LogP contribution is -2.25. The van der Waals surface area contributed by atoms with Gasteiger partial charge in [0, 0.05) is 31.7 Å². The summed E-state index contributed by atoms with van der Waals surface area (Å²) in [5, 5.41) is 3.41. The van der Waals surface area contributed by atoms with Gasteiger partial charge in [-0.1, -0.05) is 13.8 Å². The van der Waals surface area contributed by atoms with Crippen LogP contribution in [0.2, 0.25) is 0 Å². The standard InChI is InChI=1S/C17H29NO3/c1-13(2)18-12-14-11-15(19-5)7-8-16(14)21-10-9-17(3,4)20-6/h7-8,11,13,18H,9-10,12H2,1-6H3. The molecule has 0 aliphatic rings.